The summed E-state index contributed by atoms with van der Waals surface area (Å²) in [7, 11) is 0. The molecule has 1 aliphatic heterocycles. The largest absolute Gasteiger partial charge is 0.464 e. The number of nitrogens with one attached hydrogen (secondary N) is 1. The van der Waals surface area contributed by atoms with E-state index in [1.165, 1.54) is 38.4 Å². The van der Waals surface area contributed by atoms with Gasteiger partial charge in [-0.15, -0.1) is 0 Å². The maximum atomic E-state index is 6.60. The third kappa shape index (κ3) is 5.03. The Kier molecular flexibility index (Phi) is 6.87. The highest BCUT2D eigenvalue weighted by Gasteiger charge is 2.26. The van der Waals surface area contributed by atoms with Gasteiger partial charge < -0.3 is 15.0 Å². The Bertz CT molecular complexity index is 2370. The lowest BCUT2D eigenvalue weighted by Gasteiger charge is -2.26. The molecule has 3 heteroatoms. The van der Waals surface area contributed by atoms with Crippen LogP contribution in [0, 0.1) is 0 Å². The molecule has 0 spiro atoms. The lowest BCUT2D eigenvalue weighted by molar-refractivity contribution is 0.263. The van der Waals surface area contributed by atoms with Crippen LogP contribution in [0.15, 0.2) is 182 Å². The minimum Gasteiger partial charge on any atom is -0.464 e. The van der Waals surface area contributed by atoms with Crippen LogP contribution in [0.4, 0.5) is 22.7 Å². The molecule has 3 nitrogen and oxygen atoms in total. The Balaban J connectivity index is 1.08. The number of hydrogen-bond donors (Lipinski definition) is 1. The van der Waals surface area contributed by atoms with Gasteiger partial charge in [-0.2, -0.15) is 0 Å². The number of fused-ring (bicyclic) bond motifs is 5. The summed E-state index contributed by atoms with van der Waals surface area (Å²) in [4.78, 5) is 2.31. The van der Waals surface area contributed by atoms with Gasteiger partial charge in [0.1, 0.15) is 0 Å². The highest BCUT2D eigenvalue weighted by Crippen LogP contribution is 2.46. The van der Waals surface area contributed by atoms with Crippen molar-refractivity contribution in [2.75, 3.05) is 10.2 Å². The minimum absolute atomic E-state index is 0.208. The number of nitrogens with zero attached hydrogens (tertiary/aromatic N) is 1. The fraction of sp³-hybridized carbons (Fsp3) is 0.0222. The summed E-state index contributed by atoms with van der Waals surface area (Å²) < 4.78 is 6.60. The van der Waals surface area contributed by atoms with Gasteiger partial charge >= 0.3 is 0 Å². The van der Waals surface area contributed by atoms with E-state index in [0.717, 1.165) is 39.4 Å². The predicted molar refractivity (Wildman–Crippen MR) is 200 cm³/mol. The summed E-state index contributed by atoms with van der Waals surface area (Å²) >= 11 is 0. The molecule has 1 atom stereocenters. The minimum atomic E-state index is -0.208. The molecule has 0 saturated carbocycles. The molecule has 0 radical (unpaired) electrons. The van der Waals surface area contributed by atoms with Gasteiger partial charge in [0, 0.05) is 28.0 Å². The molecule has 0 aliphatic carbocycles. The molecule has 1 unspecified atom stereocenters. The monoisotopic (exact) mass is 616 g/mol. The molecular formula is C45H32N2O. The molecular weight excluding hydrogens is 585 g/mol. The summed E-state index contributed by atoms with van der Waals surface area (Å²) in [5, 5.41) is 8.27. The average Bonchev–Trinajstić information content (AvgIpc) is 3.61. The Morgan fingerprint density at radius 2 is 0.938 bits per heavy atom. The first-order valence-electron chi connectivity index (χ1n) is 16.4. The first-order chi connectivity index (χ1) is 23.8. The molecule has 9 rings (SSSR count). The zero-order valence-corrected chi connectivity index (χ0v) is 26.3. The maximum absolute atomic E-state index is 6.60. The zero-order valence-electron chi connectivity index (χ0n) is 26.3. The van der Waals surface area contributed by atoms with Crippen molar-refractivity contribution in [3.63, 3.8) is 0 Å². The Morgan fingerprint density at radius 3 is 1.62 bits per heavy atom. The first-order valence-corrected chi connectivity index (χ1v) is 16.4. The normalized spacial score (nSPS) is 13.5. The second kappa shape index (κ2) is 11.8. The van der Waals surface area contributed by atoms with Crippen molar-refractivity contribution in [2.24, 2.45) is 0 Å². The predicted octanol–water partition coefficient (Wildman–Crippen LogP) is 12.3. The van der Waals surface area contributed by atoms with E-state index >= 15 is 0 Å². The van der Waals surface area contributed by atoms with Crippen molar-refractivity contribution >= 4 is 44.3 Å². The molecule has 0 amide bonds. The van der Waals surface area contributed by atoms with Gasteiger partial charge in [0.15, 0.2) is 12.0 Å². The van der Waals surface area contributed by atoms with Crippen molar-refractivity contribution < 1.29 is 4.74 Å². The summed E-state index contributed by atoms with van der Waals surface area (Å²) in [6, 6.07) is 64.6. The third-order valence-corrected chi connectivity index (χ3v) is 9.29. The van der Waals surface area contributed by atoms with Crippen molar-refractivity contribution in [1.82, 2.24) is 0 Å². The van der Waals surface area contributed by atoms with Gasteiger partial charge in [-0.25, -0.2) is 0 Å². The molecule has 0 fully saturated rings. The molecule has 48 heavy (non-hydrogen) atoms. The summed E-state index contributed by atoms with van der Waals surface area (Å²) in [5.74, 6) is 0.913. The molecule has 1 N–H and O–H groups in total. The van der Waals surface area contributed by atoms with E-state index in [0.29, 0.717) is 0 Å². The highest BCUT2D eigenvalue weighted by molar-refractivity contribution is 6.13. The Morgan fingerprint density at radius 1 is 0.438 bits per heavy atom. The van der Waals surface area contributed by atoms with Crippen molar-refractivity contribution in [2.45, 2.75) is 6.23 Å². The van der Waals surface area contributed by atoms with Gasteiger partial charge in [-0.05, 0) is 86.9 Å². The van der Waals surface area contributed by atoms with E-state index in [-0.39, 0.29) is 6.23 Å². The average molecular weight is 617 g/mol. The number of hydrogen-bond acceptors (Lipinski definition) is 3. The van der Waals surface area contributed by atoms with Gasteiger partial charge in [0.2, 0.25) is 0 Å². The van der Waals surface area contributed by atoms with Crippen LogP contribution >= 0.6 is 0 Å². The highest BCUT2D eigenvalue weighted by atomic mass is 16.5. The number of benzene rings is 8. The summed E-state index contributed by atoms with van der Waals surface area (Å²) in [6.07, 6.45) is -0.208. The van der Waals surface area contributed by atoms with Crippen LogP contribution < -0.4 is 15.0 Å². The van der Waals surface area contributed by atoms with E-state index in [2.05, 4.69) is 186 Å². The second-order valence-corrected chi connectivity index (χ2v) is 12.2. The SMILES string of the molecule is c1ccc(-c2ccc(N(c3ccccc3)c3ccc(-c4ccc5ccc6ccc7c(c6c5c4)OC(c4ccccc4)N7)cc3)cc2)cc1. The lowest BCUT2D eigenvalue weighted by atomic mass is 9.96. The van der Waals surface area contributed by atoms with E-state index in [1.807, 2.05) is 6.07 Å². The van der Waals surface area contributed by atoms with Crippen LogP contribution in [0.3, 0.4) is 0 Å². The van der Waals surface area contributed by atoms with E-state index in [1.54, 1.807) is 0 Å². The van der Waals surface area contributed by atoms with Crippen LogP contribution in [0.25, 0.3) is 43.8 Å². The third-order valence-electron chi connectivity index (χ3n) is 9.29. The van der Waals surface area contributed by atoms with Crippen molar-refractivity contribution in [3.05, 3.63) is 188 Å². The van der Waals surface area contributed by atoms with Crippen LogP contribution in [0.5, 0.6) is 5.75 Å². The molecule has 8 aromatic carbocycles. The molecule has 8 aromatic rings. The number of ether oxygens (including phenoxy) is 1. The topological polar surface area (TPSA) is 24.5 Å². The van der Waals surface area contributed by atoms with Crippen LogP contribution in [-0.2, 0) is 0 Å². The summed E-state index contributed by atoms with van der Waals surface area (Å²) in [5.41, 5.74) is 10.2. The van der Waals surface area contributed by atoms with E-state index in [4.69, 9.17) is 4.74 Å². The quantitative estimate of drug-likeness (QED) is 0.188. The number of rotatable bonds is 6. The van der Waals surface area contributed by atoms with Crippen LogP contribution in [-0.4, -0.2) is 0 Å². The van der Waals surface area contributed by atoms with Gasteiger partial charge in [0.25, 0.3) is 0 Å². The molecule has 228 valence electrons. The molecule has 1 aliphatic rings. The smallest absolute Gasteiger partial charge is 0.196 e. The van der Waals surface area contributed by atoms with E-state index < -0.39 is 0 Å². The molecule has 1 heterocycles. The Labute approximate surface area is 280 Å². The van der Waals surface area contributed by atoms with Crippen molar-refractivity contribution in [3.8, 4) is 28.0 Å². The van der Waals surface area contributed by atoms with Gasteiger partial charge in [-0.3, -0.25) is 0 Å². The van der Waals surface area contributed by atoms with Crippen LogP contribution in [0.1, 0.15) is 11.8 Å². The second-order valence-electron chi connectivity index (χ2n) is 12.2. The summed E-state index contributed by atoms with van der Waals surface area (Å²) in [6.45, 7) is 0. The van der Waals surface area contributed by atoms with Gasteiger partial charge in [-0.1, -0.05) is 133 Å². The zero-order chi connectivity index (χ0) is 31.9. The van der Waals surface area contributed by atoms with E-state index in [9.17, 15) is 0 Å². The molecule has 0 aromatic heterocycles. The lowest BCUT2D eigenvalue weighted by Crippen LogP contribution is -2.09. The fourth-order valence-corrected chi connectivity index (χ4v) is 6.86. The fourth-order valence-electron chi connectivity index (χ4n) is 6.86. The first kappa shape index (κ1) is 27.9. The number of para-hydroxylation sites is 1. The number of anilines is 4. The molecule has 0 bridgehead atoms. The van der Waals surface area contributed by atoms with Crippen molar-refractivity contribution in [1.29, 1.82) is 0 Å². The standard InChI is InChI=1S/C45H32N2O/c1-4-10-31(11-5-1)32-20-25-39(26-21-32)47(38-14-8-3-9-15-38)40-27-22-33(23-28-40)37-19-17-34-16-18-35-24-29-42-44(43(35)41(34)30-37)48-45(46-42)36-12-6-2-7-13-36/h1-30,45-46H. The molecule has 0 saturated heterocycles. The van der Waals surface area contributed by atoms with Crippen LogP contribution in [0.2, 0.25) is 0 Å². The van der Waals surface area contributed by atoms with Gasteiger partial charge in [0.05, 0.1) is 5.69 Å². The maximum Gasteiger partial charge on any atom is 0.196 e. The Hall–Kier alpha value is -6.32.